The van der Waals surface area contributed by atoms with Crippen molar-refractivity contribution in [2.24, 2.45) is 0 Å². The van der Waals surface area contributed by atoms with Gasteiger partial charge < -0.3 is 29.3 Å². The Labute approximate surface area is 210 Å². The zero-order chi connectivity index (χ0) is 27.1. The molecule has 10 nitrogen and oxygen atoms in total. The summed E-state index contributed by atoms with van der Waals surface area (Å²) in [6.07, 6.45) is 0.879. The van der Waals surface area contributed by atoms with Crippen LogP contribution in [0.2, 0.25) is 0 Å². The summed E-state index contributed by atoms with van der Waals surface area (Å²) in [5.41, 5.74) is -1.14. The summed E-state index contributed by atoms with van der Waals surface area (Å²) < 4.78 is 10.9. The minimum atomic E-state index is -0.562. The van der Waals surface area contributed by atoms with Crippen molar-refractivity contribution in [1.82, 2.24) is 0 Å². The van der Waals surface area contributed by atoms with E-state index in [1.54, 1.807) is 0 Å². The maximum absolute atomic E-state index is 12.1. The van der Waals surface area contributed by atoms with Crippen LogP contribution in [0.3, 0.4) is 0 Å². The molecule has 0 unspecified atom stereocenters. The molecule has 4 N–H and O–H groups in total. The first-order chi connectivity index (χ1) is 18.2. The number of hydrogen-bond donors (Lipinski definition) is 4. The second-order valence-electron chi connectivity index (χ2n) is 8.20. The second-order valence-corrected chi connectivity index (χ2v) is 8.20. The van der Waals surface area contributed by atoms with Crippen LogP contribution in [0.25, 0.3) is 50.1 Å². The maximum atomic E-state index is 12.1. The van der Waals surface area contributed by atoms with Gasteiger partial charge in [0.2, 0.25) is 5.43 Å². The number of carbonyl (C=O) groups excluding carboxylic acids is 1. The van der Waals surface area contributed by atoms with Crippen molar-refractivity contribution in [1.29, 1.82) is 0 Å². The Kier molecular flexibility index (Phi) is 5.76. The van der Waals surface area contributed by atoms with Crippen molar-refractivity contribution < 1.29 is 34.1 Å². The van der Waals surface area contributed by atoms with Crippen LogP contribution in [0.4, 0.5) is 0 Å². The van der Waals surface area contributed by atoms with E-state index in [4.69, 9.17) is 13.9 Å². The van der Waals surface area contributed by atoms with Crippen molar-refractivity contribution in [2.75, 3.05) is 0 Å². The fourth-order valence-electron chi connectivity index (χ4n) is 4.07. The van der Waals surface area contributed by atoms with E-state index in [-0.39, 0.29) is 55.4 Å². The van der Waals surface area contributed by atoms with Gasteiger partial charge in [-0.2, -0.15) is 0 Å². The molecule has 0 atom stereocenters. The molecule has 2 aromatic heterocycles. The maximum Gasteiger partial charge on any atom is 0.200 e. The molecule has 2 heterocycles. The summed E-state index contributed by atoms with van der Waals surface area (Å²) in [5.74, 6) is -0.183. The van der Waals surface area contributed by atoms with Crippen LogP contribution >= 0.6 is 0 Å². The first-order valence-corrected chi connectivity index (χ1v) is 11.0. The van der Waals surface area contributed by atoms with Crippen LogP contribution in [0.5, 0.6) is 17.2 Å². The molecule has 38 heavy (non-hydrogen) atoms. The van der Waals surface area contributed by atoms with Crippen LogP contribution in [0.1, 0.15) is 10.4 Å². The molecular weight excluding hydrogens is 496 g/mol. The molecule has 6 rings (SSSR count). The Bertz CT molecular complexity index is 2090. The molecule has 0 saturated heterocycles. The van der Waals surface area contributed by atoms with E-state index >= 15 is 0 Å². The van der Waals surface area contributed by atoms with Crippen molar-refractivity contribution in [3.63, 3.8) is 0 Å². The average molecular weight is 512 g/mol. The number of aldehydes is 1. The molecular formula is C28H16O10. The summed E-state index contributed by atoms with van der Waals surface area (Å²) in [4.78, 5) is 46.4. The van der Waals surface area contributed by atoms with Crippen LogP contribution in [-0.4, -0.2) is 26.7 Å². The smallest absolute Gasteiger partial charge is 0.200 e. The number of phenolic OH excluding ortho intramolecular Hbond substituents is 2. The van der Waals surface area contributed by atoms with E-state index in [0.29, 0.717) is 34.5 Å². The minimum absolute atomic E-state index is 0.0279. The van der Waals surface area contributed by atoms with Gasteiger partial charge in [0.05, 0.1) is 33.0 Å². The van der Waals surface area contributed by atoms with Crippen LogP contribution in [0, 0.1) is 0 Å². The normalized spacial score (nSPS) is 11.6. The number of carbonyl (C=O) groups is 1. The molecule has 0 aliphatic carbocycles. The Morgan fingerprint density at radius 1 is 0.632 bits per heavy atom. The molecule has 0 radical (unpaired) electrons. The average Bonchev–Trinajstić information content (AvgIpc) is 2.89. The van der Waals surface area contributed by atoms with Gasteiger partial charge in [-0.15, -0.1) is 0 Å². The van der Waals surface area contributed by atoms with E-state index in [9.17, 15) is 34.5 Å². The SMILES string of the molecule is O=Cc1c(=O)ccc2c(O)c3ccc(=O)c(=CO)c3oc12.O=c1c2ccc(O)cc2oc2cc(O)ccc12. The number of aliphatic hydroxyl groups excluding tert-OH is 1. The second kappa shape index (κ2) is 9.10. The monoisotopic (exact) mass is 512 g/mol. The van der Waals surface area contributed by atoms with Crippen molar-refractivity contribution in [3.05, 3.63) is 102 Å². The molecule has 0 saturated carbocycles. The third kappa shape index (κ3) is 3.86. The van der Waals surface area contributed by atoms with Gasteiger partial charge in [0, 0.05) is 12.1 Å². The zero-order valence-corrected chi connectivity index (χ0v) is 19.2. The molecule has 0 aliphatic heterocycles. The number of aromatic hydroxyl groups is 3. The number of fused-ring (bicyclic) bond motifs is 4. The molecule has 0 bridgehead atoms. The predicted octanol–water partition coefficient (Wildman–Crippen LogP) is 3.20. The number of rotatable bonds is 1. The zero-order valence-electron chi connectivity index (χ0n) is 19.2. The Morgan fingerprint density at radius 3 is 1.71 bits per heavy atom. The number of benzene rings is 4. The van der Waals surface area contributed by atoms with E-state index in [1.165, 1.54) is 54.6 Å². The molecule has 10 heteroatoms. The Morgan fingerprint density at radius 2 is 1.16 bits per heavy atom. The van der Waals surface area contributed by atoms with Gasteiger partial charge in [0.25, 0.3) is 0 Å². The van der Waals surface area contributed by atoms with Gasteiger partial charge in [-0.1, -0.05) is 0 Å². The van der Waals surface area contributed by atoms with E-state index in [1.807, 2.05) is 0 Å². The summed E-state index contributed by atoms with van der Waals surface area (Å²) in [7, 11) is 0. The van der Waals surface area contributed by atoms with Crippen LogP contribution in [0.15, 0.2) is 83.9 Å². The lowest BCUT2D eigenvalue weighted by atomic mass is 10.1. The third-order valence-electron chi connectivity index (χ3n) is 5.91. The van der Waals surface area contributed by atoms with E-state index in [0.717, 1.165) is 6.07 Å². The number of aliphatic hydroxyl groups is 1. The van der Waals surface area contributed by atoms with Crippen molar-refractivity contribution in [3.8, 4) is 17.2 Å². The summed E-state index contributed by atoms with van der Waals surface area (Å²) >= 11 is 0. The van der Waals surface area contributed by atoms with Gasteiger partial charge in [0.1, 0.15) is 34.0 Å². The van der Waals surface area contributed by atoms with Gasteiger partial charge in [-0.05, 0) is 48.5 Å². The fraction of sp³-hybridized carbons (Fsp3) is 0. The molecule has 0 amide bonds. The lowest BCUT2D eigenvalue weighted by Gasteiger charge is -2.06. The van der Waals surface area contributed by atoms with Gasteiger partial charge in [0.15, 0.2) is 28.3 Å². The van der Waals surface area contributed by atoms with E-state index < -0.39 is 10.9 Å². The number of hydrogen-bond acceptors (Lipinski definition) is 10. The van der Waals surface area contributed by atoms with Gasteiger partial charge in [-0.3, -0.25) is 19.2 Å². The minimum Gasteiger partial charge on any atom is -0.515 e. The van der Waals surface area contributed by atoms with E-state index in [2.05, 4.69) is 0 Å². The Balaban J connectivity index is 0.000000158. The lowest BCUT2D eigenvalue weighted by Crippen LogP contribution is -2.23. The fourth-order valence-corrected chi connectivity index (χ4v) is 4.07. The highest BCUT2D eigenvalue weighted by atomic mass is 16.3. The topological polar surface area (TPSA) is 175 Å². The summed E-state index contributed by atoms with van der Waals surface area (Å²) in [6.45, 7) is 0. The van der Waals surface area contributed by atoms with Crippen molar-refractivity contribution in [2.45, 2.75) is 0 Å². The summed E-state index contributed by atoms with van der Waals surface area (Å²) in [5, 5.41) is 39.1. The molecule has 4 aromatic carbocycles. The third-order valence-corrected chi connectivity index (χ3v) is 5.91. The largest absolute Gasteiger partial charge is 0.515 e. The lowest BCUT2D eigenvalue weighted by molar-refractivity contribution is 0.112. The Hall–Kier alpha value is -5.64. The highest BCUT2D eigenvalue weighted by molar-refractivity contribution is 6.04. The quantitative estimate of drug-likeness (QED) is 0.189. The summed E-state index contributed by atoms with van der Waals surface area (Å²) in [6, 6.07) is 13.6. The number of phenols is 2. The first-order valence-electron chi connectivity index (χ1n) is 11.0. The van der Waals surface area contributed by atoms with Crippen LogP contribution < -0.4 is 21.5 Å². The standard InChI is InChI=1S/C15H8O6.C13H8O4/c16-5-9-11(18)3-1-7-13(20)8-2-4-12(19)10(6-17)15(8)21-14(7)9;14-7-1-3-9-11(5-7)17-12-6-8(15)2-4-10(12)13(9)16/h1-6,16,20H;1-6,14-15H. The molecule has 0 spiro atoms. The molecule has 0 fully saturated rings. The highest BCUT2D eigenvalue weighted by Crippen LogP contribution is 2.32. The highest BCUT2D eigenvalue weighted by Gasteiger charge is 2.16. The molecule has 188 valence electrons. The first kappa shape index (κ1) is 24.1. The predicted molar refractivity (Wildman–Crippen MR) is 139 cm³/mol. The van der Waals surface area contributed by atoms with Gasteiger partial charge >= 0.3 is 0 Å². The van der Waals surface area contributed by atoms with Crippen LogP contribution in [-0.2, 0) is 0 Å². The molecule has 0 aliphatic rings. The molecule has 6 aromatic rings. The van der Waals surface area contributed by atoms with Gasteiger partial charge in [-0.25, -0.2) is 0 Å². The van der Waals surface area contributed by atoms with Crippen molar-refractivity contribution >= 4 is 56.4 Å².